The van der Waals surface area contributed by atoms with Crippen LogP contribution in [0.25, 0.3) is 0 Å². The second-order valence-corrected chi connectivity index (χ2v) is 7.06. The highest BCUT2D eigenvalue weighted by Gasteiger charge is 2.19. The quantitative estimate of drug-likeness (QED) is 0.706. The summed E-state index contributed by atoms with van der Waals surface area (Å²) in [5.41, 5.74) is 0.784. The molecule has 0 aliphatic carbocycles. The van der Waals surface area contributed by atoms with Gasteiger partial charge in [-0.05, 0) is 24.1 Å². The first-order valence-electron chi connectivity index (χ1n) is 8.21. The maximum atomic E-state index is 12.7. The van der Waals surface area contributed by atoms with E-state index in [2.05, 4.69) is 13.8 Å². The van der Waals surface area contributed by atoms with E-state index >= 15 is 0 Å². The average molecular weight is 361 g/mol. The maximum absolute atomic E-state index is 12.7. The molecule has 1 aromatic heterocycles. The maximum Gasteiger partial charge on any atom is 0.339 e. The Balaban J connectivity index is 2.13. The predicted molar refractivity (Wildman–Crippen MR) is 98.1 cm³/mol. The molecule has 1 atom stereocenters. The lowest BCUT2D eigenvalue weighted by molar-refractivity contribution is 0.0694. The Kier molecular flexibility index (Phi) is 6.70. The number of thioether (sulfide) groups is 1. The normalized spacial score (nSPS) is 12.0. The zero-order valence-electron chi connectivity index (χ0n) is 14.7. The molecule has 0 saturated heterocycles. The lowest BCUT2D eigenvalue weighted by Gasteiger charge is -2.22. The van der Waals surface area contributed by atoms with Crippen molar-refractivity contribution >= 4 is 23.6 Å². The van der Waals surface area contributed by atoms with Crippen molar-refractivity contribution in [3.8, 4) is 0 Å². The van der Waals surface area contributed by atoms with Crippen LogP contribution in [0.5, 0.6) is 0 Å². The molecule has 2 rings (SSSR count). The van der Waals surface area contributed by atoms with Gasteiger partial charge in [-0.25, -0.2) is 4.79 Å². The Morgan fingerprint density at radius 3 is 2.64 bits per heavy atom. The van der Waals surface area contributed by atoms with Gasteiger partial charge in [-0.1, -0.05) is 32.4 Å². The molecular formula is C19H23NO4S. The van der Waals surface area contributed by atoms with E-state index in [4.69, 9.17) is 9.52 Å². The Bertz CT molecular complexity index is 741. The van der Waals surface area contributed by atoms with E-state index in [0.29, 0.717) is 29.5 Å². The molecule has 0 fully saturated rings. The first-order chi connectivity index (χ1) is 11.9. The van der Waals surface area contributed by atoms with Gasteiger partial charge in [0.25, 0.3) is 5.91 Å². The molecule has 134 valence electrons. The average Bonchev–Trinajstić information content (AvgIpc) is 3.08. The summed E-state index contributed by atoms with van der Waals surface area (Å²) in [7, 11) is 1.81. The number of rotatable bonds is 8. The molecular weight excluding hydrogens is 338 g/mol. The van der Waals surface area contributed by atoms with Crippen LogP contribution in [0.1, 0.15) is 46.7 Å². The van der Waals surface area contributed by atoms with E-state index in [-0.39, 0.29) is 11.5 Å². The second-order valence-electron chi connectivity index (χ2n) is 6.05. The summed E-state index contributed by atoms with van der Waals surface area (Å²) < 4.78 is 5.27. The molecule has 0 saturated carbocycles. The fraction of sp³-hybridized carbons (Fsp3) is 0.368. The number of benzene rings is 1. The molecule has 6 heteroatoms. The highest BCUT2D eigenvalue weighted by Crippen LogP contribution is 2.29. The largest absolute Gasteiger partial charge is 0.478 e. The Morgan fingerprint density at radius 2 is 1.96 bits per heavy atom. The summed E-state index contributed by atoms with van der Waals surface area (Å²) in [6.07, 6.45) is 2.39. The number of nitrogens with zero attached hydrogens (tertiary/aromatic N) is 1. The van der Waals surface area contributed by atoms with Crippen molar-refractivity contribution in [3.63, 3.8) is 0 Å². The smallest absolute Gasteiger partial charge is 0.339 e. The predicted octanol–water partition coefficient (Wildman–Crippen LogP) is 4.39. The summed E-state index contributed by atoms with van der Waals surface area (Å²) in [5.74, 6) is 0.152. The van der Waals surface area contributed by atoms with Gasteiger partial charge in [0.1, 0.15) is 11.3 Å². The van der Waals surface area contributed by atoms with Gasteiger partial charge in [0.2, 0.25) is 0 Å². The number of carboxylic acids is 1. The lowest BCUT2D eigenvalue weighted by atomic mass is 10.1. The first kappa shape index (κ1) is 19.1. The van der Waals surface area contributed by atoms with E-state index < -0.39 is 5.97 Å². The zero-order valence-corrected chi connectivity index (χ0v) is 15.5. The standard InChI is InChI=1S/C19H23NO4S/c1-4-13(2)11-20(3)18(21)15-7-5-6-8-17(15)25-12-16-14(19(22)23)9-10-24-16/h5-10,13H,4,11-12H2,1-3H3,(H,22,23). The number of amides is 1. The molecule has 5 nitrogen and oxygen atoms in total. The minimum atomic E-state index is -1.01. The monoisotopic (exact) mass is 361 g/mol. The van der Waals surface area contributed by atoms with Gasteiger partial charge in [-0.15, -0.1) is 11.8 Å². The van der Waals surface area contributed by atoms with Gasteiger partial charge in [-0.3, -0.25) is 4.79 Å². The van der Waals surface area contributed by atoms with Gasteiger partial charge < -0.3 is 14.4 Å². The van der Waals surface area contributed by atoms with Crippen LogP contribution in [-0.4, -0.2) is 35.5 Å². The van der Waals surface area contributed by atoms with Crippen molar-refractivity contribution < 1.29 is 19.1 Å². The summed E-state index contributed by atoms with van der Waals surface area (Å²) in [5, 5.41) is 9.14. The molecule has 0 radical (unpaired) electrons. The molecule has 1 N–H and O–H groups in total. The van der Waals surface area contributed by atoms with Gasteiger partial charge in [0.15, 0.2) is 0 Å². The number of carbonyl (C=O) groups excluding carboxylic acids is 1. The number of furan rings is 1. The molecule has 25 heavy (non-hydrogen) atoms. The van der Waals surface area contributed by atoms with Gasteiger partial charge >= 0.3 is 5.97 Å². The third-order valence-corrected chi connectivity index (χ3v) is 5.15. The Labute approximate surface area is 152 Å². The van der Waals surface area contributed by atoms with Crippen molar-refractivity contribution in [2.45, 2.75) is 30.9 Å². The van der Waals surface area contributed by atoms with Crippen molar-refractivity contribution in [3.05, 3.63) is 53.5 Å². The molecule has 1 aromatic carbocycles. The van der Waals surface area contributed by atoms with Crippen LogP contribution in [0.3, 0.4) is 0 Å². The molecule has 0 bridgehead atoms. The van der Waals surface area contributed by atoms with Gasteiger partial charge in [0.05, 0.1) is 17.6 Å². The van der Waals surface area contributed by atoms with Crippen LogP contribution in [0.4, 0.5) is 0 Å². The van der Waals surface area contributed by atoms with Crippen molar-refractivity contribution in [1.29, 1.82) is 0 Å². The second kappa shape index (κ2) is 8.76. The third-order valence-electron chi connectivity index (χ3n) is 4.08. The van der Waals surface area contributed by atoms with Crippen molar-refractivity contribution in [1.82, 2.24) is 4.90 Å². The summed E-state index contributed by atoms with van der Waals surface area (Å²) in [4.78, 5) is 26.5. The van der Waals surface area contributed by atoms with Crippen LogP contribution in [-0.2, 0) is 5.75 Å². The van der Waals surface area contributed by atoms with E-state index in [1.807, 2.05) is 25.2 Å². The summed E-state index contributed by atoms with van der Waals surface area (Å²) in [6.45, 7) is 4.93. The molecule has 0 aliphatic heterocycles. The minimum Gasteiger partial charge on any atom is -0.478 e. The SMILES string of the molecule is CCC(C)CN(C)C(=O)c1ccccc1SCc1occc1C(=O)O. The number of hydrogen-bond donors (Lipinski definition) is 1. The molecule has 0 aliphatic rings. The van der Waals surface area contributed by atoms with Crippen LogP contribution in [0, 0.1) is 5.92 Å². The van der Waals surface area contributed by atoms with E-state index in [0.717, 1.165) is 11.3 Å². The number of carbonyl (C=O) groups is 2. The van der Waals surface area contributed by atoms with E-state index in [9.17, 15) is 9.59 Å². The summed E-state index contributed by atoms with van der Waals surface area (Å²) in [6, 6.07) is 8.82. The Morgan fingerprint density at radius 1 is 1.24 bits per heavy atom. The minimum absolute atomic E-state index is 0.0266. The lowest BCUT2D eigenvalue weighted by Crippen LogP contribution is -2.31. The molecule has 1 amide bonds. The van der Waals surface area contributed by atoms with Crippen molar-refractivity contribution in [2.75, 3.05) is 13.6 Å². The summed E-state index contributed by atoms with van der Waals surface area (Å²) >= 11 is 1.40. The fourth-order valence-electron chi connectivity index (χ4n) is 2.44. The number of carboxylic acid groups (broad SMARTS) is 1. The topological polar surface area (TPSA) is 70.8 Å². The molecule has 1 heterocycles. The zero-order chi connectivity index (χ0) is 18.4. The fourth-order valence-corrected chi connectivity index (χ4v) is 3.44. The highest BCUT2D eigenvalue weighted by atomic mass is 32.2. The first-order valence-corrected chi connectivity index (χ1v) is 9.19. The van der Waals surface area contributed by atoms with Crippen LogP contribution in [0.15, 0.2) is 45.9 Å². The van der Waals surface area contributed by atoms with E-state index in [1.54, 1.807) is 11.0 Å². The molecule has 1 unspecified atom stereocenters. The van der Waals surface area contributed by atoms with Crippen molar-refractivity contribution in [2.24, 2.45) is 5.92 Å². The van der Waals surface area contributed by atoms with Crippen LogP contribution in [0.2, 0.25) is 0 Å². The third kappa shape index (κ3) is 4.89. The van der Waals surface area contributed by atoms with Gasteiger partial charge in [-0.2, -0.15) is 0 Å². The van der Waals surface area contributed by atoms with E-state index in [1.165, 1.54) is 24.1 Å². The van der Waals surface area contributed by atoms with Crippen LogP contribution < -0.4 is 0 Å². The van der Waals surface area contributed by atoms with Gasteiger partial charge in [0, 0.05) is 18.5 Å². The Hall–Kier alpha value is -2.21. The number of aromatic carboxylic acids is 1. The molecule has 2 aromatic rings. The number of hydrogen-bond acceptors (Lipinski definition) is 4. The molecule has 0 spiro atoms. The highest BCUT2D eigenvalue weighted by molar-refractivity contribution is 7.98. The van der Waals surface area contributed by atoms with Crippen LogP contribution >= 0.6 is 11.8 Å².